The van der Waals surface area contributed by atoms with Crippen molar-refractivity contribution < 1.29 is 27.5 Å². The first-order valence-corrected chi connectivity index (χ1v) is 8.82. The van der Waals surface area contributed by atoms with Gasteiger partial charge in [0.15, 0.2) is 0 Å². The SMILES string of the molecule is COc1ccc(COC(=O)CN2C(=O)c3ccccc3S2(=O)=O)cc1. The molecule has 0 saturated heterocycles. The summed E-state index contributed by atoms with van der Waals surface area (Å²) in [5.74, 6) is -0.862. The van der Waals surface area contributed by atoms with Gasteiger partial charge in [-0.15, -0.1) is 0 Å². The summed E-state index contributed by atoms with van der Waals surface area (Å²) in [5.41, 5.74) is 0.776. The lowest BCUT2D eigenvalue weighted by molar-refractivity contribution is -0.144. The van der Waals surface area contributed by atoms with Gasteiger partial charge in [0.25, 0.3) is 15.9 Å². The molecule has 0 aromatic heterocycles. The molecule has 0 atom stereocenters. The van der Waals surface area contributed by atoms with Crippen molar-refractivity contribution in [2.45, 2.75) is 11.5 Å². The first-order chi connectivity index (χ1) is 11.9. The number of benzene rings is 2. The predicted octanol–water partition coefficient (Wildman–Crippen LogP) is 1.58. The number of esters is 1. The van der Waals surface area contributed by atoms with Gasteiger partial charge in [0.1, 0.15) is 23.8 Å². The van der Waals surface area contributed by atoms with Crippen LogP contribution in [0.5, 0.6) is 5.75 Å². The van der Waals surface area contributed by atoms with Crippen LogP contribution in [0.3, 0.4) is 0 Å². The number of fused-ring (bicyclic) bond motifs is 1. The number of methoxy groups -OCH3 is 1. The highest BCUT2D eigenvalue weighted by atomic mass is 32.2. The smallest absolute Gasteiger partial charge is 0.327 e. The molecule has 0 unspecified atom stereocenters. The molecule has 1 aliphatic rings. The topological polar surface area (TPSA) is 90.0 Å². The van der Waals surface area contributed by atoms with Gasteiger partial charge < -0.3 is 9.47 Å². The van der Waals surface area contributed by atoms with Gasteiger partial charge in [0, 0.05) is 0 Å². The summed E-state index contributed by atoms with van der Waals surface area (Å²) < 4.78 is 35.3. The second-order valence-corrected chi connectivity index (χ2v) is 7.15. The van der Waals surface area contributed by atoms with Crippen LogP contribution >= 0.6 is 0 Å². The highest BCUT2D eigenvalue weighted by molar-refractivity contribution is 7.90. The number of sulfonamides is 1. The lowest BCUT2D eigenvalue weighted by Crippen LogP contribution is -2.35. The summed E-state index contributed by atoms with van der Waals surface area (Å²) in [5, 5.41) is 0. The summed E-state index contributed by atoms with van der Waals surface area (Å²) in [7, 11) is -2.47. The van der Waals surface area contributed by atoms with Gasteiger partial charge in [-0.25, -0.2) is 12.7 Å². The molecule has 0 bridgehead atoms. The van der Waals surface area contributed by atoms with Gasteiger partial charge in [-0.2, -0.15) is 0 Å². The number of rotatable bonds is 5. The van der Waals surface area contributed by atoms with E-state index >= 15 is 0 Å². The Balaban J connectivity index is 1.66. The molecule has 0 aliphatic carbocycles. The van der Waals surface area contributed by atoms with Crippen LogP contribution in [0.25, 0.3) is 0 Å². The minimum absolute atomic E-state index is 0.0299. The van der Waals surface area contributed by atoms with Crippen LogP contribution in [-0.4, -0.2) is 38.3 Å². The maximum Gasteiger partial charge on any atom is 0.327 e. The van der Waals surface area contributed by atoms with Crippen LogP contribution in [0.15, 0.2) is 53.4 Å². The van der Waals surface area contributed by atoms with Crippen molar-refractivity contribution in [2.24, 2.45) is 0 Å². The Morgan fingerprint density at radius 3 is 2.40 bits per heavy atom. The highest BCUT2D eigenvalue weighted by Crippen LogP contribution is 2.29. The zero-order valence-corrected chi connectivity index (χ0v) is 14.2. The maximum absolute atomic E-state index is 12.4. The number of carbonyl (C=O) groups excluding carboxylic acids is 2. The molecule has 1 aliphatic heterocycles. The van der Waals surface area contributed by atoms with Gasteiger partial charge >= 0.3 is 5.97 Å². The lowest BCUT2D eigenvalue weighted by Gasteiger charge is -2.14. The van der Waals surface area contributed by atoms with E-state index in [4.69, 9.17) is 9.47 Å². The van der Waals surface area contributed by atoms with E-state index in [9.17, 15) is 18.0 Å². The van der Waals surface area contributed by atoms with E-state index in [-0.39, 0.29) is 17.1 Å². The molecule has 0 fully saturated rings. The third-order valence-corrected chi connectivity index (χ3v) is 5.53. The molecule has 2 aromatic carbocycles. The molecule has 0 spiro atoms. The Morgan fingerprint density at radius 2 is 1.76 bits per heavy atom. The van der Waals surface area contributed by atoms with Crippen LogP contribution in [-0.2, 0) is 26.2 Å². The van der Waals surface area contributed by atoms with Crippen molar-refractivity contribution in [3.63, 3.8) is 0 Å². The van der Waals surface area contributed by atoms with Gasteiger partial charge in [-0.3, -0.25) is 9.59 Å². The van der Waals surface area contributed by atoms with E-state index in [0.29, 0.717) is 15.6 Å². The van der Waals surface area contributed by atoms with E-state index in [1.54, 1.807) is 37.4 Å². The predicted molar refractivity (Wildman–Crippen MR) is 87.5 cm³/mol. The van der Waals surface area contributed by atoms with E-state index in [0.717, 1.165) is 0 Å². The van der Waals surface area contributed by atoms with E-state index < -0.39 is 28.4 Å². The third kappa shape index (κ3) is 3.20. The number of carbonyl (C=O) groups is 2. The minimum Gasteiger partial charge on any atom is -0.497 e. The number of ether oxygens (including phenoxy) is 2. The summed E-state index contributed by atoms with van der Waals surface area (Å²) in [4.78, 5) is 24.1. The molecule has 25 heavy (non-hydrogen) atoms. The summed E-state index contributed by atoms with van der Waals surface area (Å²) in [6, 6.07) is 12.7. The summed E-state index contributed by atoms with van der Waals surface area (Å²) in [6.07, 6.45) is 0. The van der Waals surface area contributed by atoms with Crippen molar-refractivity contribution in [3.05, 3.63) is 59.7 Å². The Bertz CT molecular complexity index is 920. The molecule has 1 amide bonds. The van der Waals surface area contributed by atoms with Crippen LogP contribution in [0.2, 0.25) is 0 Å². The fourth-order valence-electron chi connectivity index (χ4n) is 2.44. The van der Waals surface area contributed by atoms with Crippen molar-refractivity contribution >= 4 is 21.9 Å². The normalized spacial score (nSPS) is 14.9. The standard InChI is InChI=1S/C17H15NO6S/c1-23-13-8-6-12(7-9-13)11-24-16(19)10-18-17(20)14-4-2-3-5-15(14)25(18,21)22/h2-9H,10-11H2,1H3. The molecule has 2 aromatic rings. The number of hydrogen-bond donors (Lipinski definition) is 0. The summed E-state index contributed by atoms with van der Waals surface area (Å²) in [6.45, 7) is -0.691. The van der Waals surface area contributed by atoms with Gasteiger partial charge in [-0.1, -0.05) is 24.3 Å². The molecule has 3 rings (SSSR count). The Labute approximate surface area is 144 Å². The molecule has 7 nitrogen and oxygen atoms in total. The fourth-order valence-corrected chi connectivity index (χ4v) is 3.95. The lowest BCUT2D eigenvalue weighted by atomic mass is 10.2. The molecular weight excluding hydrogens is 346 g/mol. The maximum atomic E-state index is 12.4. The first-order valence-electron chi connectivity index (χ1n) is 7.38. The minimum atomic E-state index is -4.02. The zero-order valence-electron chi connectivity index (χ0n) is 13.3. The summed E-state index contributed by atoms with van der Waals surface area (Å²) >= 11 is 0. The number of amides is 1. The Morgan fingerprint density at radius 1 is 1.08 bits per heavy atom. The van der Waals surface area contributed by atoms with Crippen molar-refractivity contribution in [2.75, 3.05) is 13.7 Å². The van der Waals surface area contributed by atoms with Crippen LogP contribution < -0.4 is 4.74 Å². The molecule has 1 heterocycles. The average Bonchev–Trinajstić information content (AvgIpc) is 2.82. The fraction of sp³-hybridized carbons (Fsp3) is 0.176. The highest BCUT2D eigenvalue weighted by Gasteiger charge is 2.42. The van der Waals surface area contributed by atoms with Crippen LogP contribution in [0, 0.1) is 0 Å². The molecule has 0 radical (unpaired) electrons. The van der Waals surface area contributed by atoms with Crippen molar-refractivity contribution in [1.29, 1.82) is 0 Å². The molecule has 0 N–H and O–H groups in total. The number of hydrogen-bond acceptors (Lipinski definition) is 6. The second-order valence-electron chi connectivity index (χ2n) is 5.32. The third-order valence-electron chi connectivity index (χ3n) is 3.74. The van der Waals surface area contributed by atoms with Gasteiger partial charge in [0.05, 0.1) is 12.7 Å². The largest absolute Gasteiger partial charge is 0.497 e. The van der Waals surface area contributed by atoms with E-state index in [1.807, 2.05) is 0 Å². The van der Waals surface area contributed by atoms with E-state index in [1.165, 1.54) is 18.2 Å². The van der Waals surface area contributed by atoms with Gasteiger partial charge in [-0.05, 0) is 29.8 Å². The average molecular weight is 361 g/mol. The molecule has 8 heteroatoms. The first kappa shape index (κ1) is 17.0. The Kier molecular flexibility index (Phi) is 4.45. The van der Waals surface area contributed by atoms with Crippen LogP contribution in [0.4, 0.5) is 0 Å². The van der Waals surface area contributed by atoms with E-state index in [2.05, 4.69) is 0 Å². The molecule has 0 saturated carbocycles. The van der Waals surface area contributed by atoms with Crippen molar-refractivity contribution in [1.82, 2.24) is 4.31 Å². The van der Waals surface area contributed by atoms with Crippen molar-refractivity contribution in [3.8, 4) is 5.75 Å². The zero-order chi connectivity index (χ0) is 18.0. The molecular formula is C17H15NO6S. The Hall–Kier alpha value is -2.87. The quantitative estimate of drug-likeness (QED) is 0.751. The van der Waals surface area contributed by atoms with Gasteiger partial charge in [0.2, 0.25) is 0 Å². The van der Waals surface area contributed by atoms with Crippen LogP contribution in [0.1, 0.15) is 15.9 Å². The second kappa shape index (κ2) is 6.56. The number of nitrogens with zero attached hydrogens (tertiary/aromatic N) is 1. The monoisotopic (exact) mass is 361 g/mol. The molecule has 130 valence electrons.